The van der Waals surface area contributed by atoms with Crippen molar-refractivity contribution in [3.05, 3.63) is 23.8 Å². The quantitative estimate of drug-likeness (QED) is 0.873. The van der Waals surface area contributed by atoms with Gasteiger partial charge in [0.05, 0.1) is 4.90 Å². The summed E-state index contributed by atoms with van der Waals surface area (Å²) >= 11 is 0. The number of amides is 2. The maximum atomic E-state index is 12.9. The van der Waals surface area contributed by atoms with Gasteiger partial charge in [-0.2, -0.15) is 0 Å². The van der Waals surface area contributed by atoms with Crippen LogP contribution in [0.3, 0.4) is 0 Å². The molecule has 144 valence electrons. The summed E-state index contributed by atoms with van der Waals surface area (Å²) in [6, 6.07) is 4.99. The Morgan fingerprint density at radius 2 is 1.85 bits per heavy atom. The molecule has 1 unspecified atom stereocenters. The molecule has 0 radical (unpaired) electrons. The lowest BCUT2D eigenvalue weighted by Crippen LogP contribution is -2.50. The number of benzene rings is 1. The minimum atomic E-state index is -3.30. The number of hydrogen-bond acceptors (Lipinski definition) is 4. The summed E-state index contributed by atoms with van der Waals surface area (Å²) in [5.41, 5.74) is 1.43. The molecule has 1 atom stereocenters. The summed E-state index contributed by atoms with van der Waals surface area (Å²) in [5.74, 6) is 0. The zero-order valence-corrected chi connectivity index (χ0v) is 16.5. The van der Waals surface area contributed by atoms with Crippen molar-refractivity contribution in [3.63, 3.8) is 0 Å². The van der Waals surface area contributed by atoms with E-state index in [1.165, 1.54) is 19.1 Å². The number of nitrogens with zero attached hydrogens (tertiary/aromatic N) is 2. The molecule has 1 aromatic rings. The molecule has 2 aliphatic rings. The second-order valence-electron chi connectivity index (χ2n) is 7.53. The van der Waals surface area contributed by atoms with E-state index in [2.05, 4.69) is 10.2 Å². The van der Waals surface area contributed by atoms with Gasteiger partial charge in [0.15, 0.2) is 9.84 Å². The Bertz CT molecular complexity index is 757. The monoisotopic (exact) mass is 379 g/mol. The Morgan fingerprint density at radius 1 is 1.15 bits per heavy atom. The van der Waals surface area contributed by atoms with Crippen LogP contribution in [0.4, 0.5) is 10.5 Å². The molecule has 2 heterocycles. The van der Waals surface area contributed by atoms with Gasteiger partial charge < -0.3 is 15.1 Å². The Morgan fingerprint density at radius 3 is 2.54 bits per heavy atom. The molecule has 26 heavy (non-hydrogen) atoms. The lowest BCUT2D eigenvalue weighted by molar-refractivity contribution is 0.136. The van der Waals surface area contributed by atoms with Gasteiger partial charge in [0.2, 0.25) is 0 Å². The Kier molecular flexibility index (Phi) is 5.87. The molecule has 7 heteroatoms. The number of sulfone groups is 1. The van der Waals surface area contributed by atoms with Crippen LogP contribution in [0, 0.1) is 6.92 Å². The highest BCUT2D eigenvalue weighted by Crippen LogP contribution is 2.24. The summed E-state index contributed by atoms with van der Waals surface area (Å²) in [4.78, 5) is 17.5. The Hall–Kier alpha value is -1.60. The number of likely N-dealkylation sites (tertiary alicyclic amines) is 2. The first-order valence-electron chi connectivity index (χ1n) is 9.45. The van der Waals surface area contributed by atoms with Crippen LogP contribution in [0.25, 0.3) is 0 Å². The van der Waals surface area contributed by atoms with Gasteiger partial charge in [0.25, 0.3) is 0 Å². The van der Waals surface area contributed by atoms with Crippen molar-refractivity contribution in [2.24, 2.45) is 0 Å². The molecule has 0 saturated carbocycles. The number of nitrogens with one attached hydrogen (secondary N) is 1. The molecule has 2 aliphatic heterocycles. The lowest BCUT2D eigenvalue weighted by Gasteiger charge is -2.38. The first kappa shape index (κ1) is 19.2. The van der Waals surface area contributed by atoms with Crippen LogP contribution in [-0.2, 0) is 9.84 Å². The highest BCUT2D eigenvalue weighted by molar-refractivity contribution is 7.90. The Balaban J connectivity index is 1.73. The van der Waals surface area contributed by atoms with Crippen molar-refractivity contribution in [1.82, 2.24) is 9.80 Å². The van der Waals surface area contributed by atoms with Gasteiger partial charge in [-0.1, -0.05) is 6.07 Å². The van der Waals surface area contributed by atoms with E-state index in [9.17, 15) is 13.2 Å². The molecular formula is C19H29N3O3S. The van der Waals surface area contributed by atoms with E-state index in [4.69, 9.17) is 0 Å². The third-order valence-corrected chi connectivity index (χ3v) is 6.54. The minimum absolute atomic E-state index is 0.123. The lowest BCUT2D eigenvalue weighted by atomic mass is 10.0. The minimum Gasteiger partial charge on any atom is -0.320 e. The van der Waals surface area contributed by atoms with Gasteiger partial charge in [0, 0.05) is 31.1 Å². The first-order chi connectivity index (χ1) is 12.3. The van der Waals surface area contributed by atoms with E-state index in [0.717, 1.165) is 51.0 Å². The van der Waals surface area contributed by atoms with Crippen LogP contribution >= 0.6 is 0 Å². The van der Waals surface area contributed by atoms with Gasteiger partial charge in [-0.15, -0.1) is 0 Å². The summed E-state index contributed by atoms with van der Waals surface area (Å²) in [6.45, 7) is 5.83. The van der Waals surface area contributed by atoms with Gasteiger partial charge in [-0.05, 0) is 69.8 Å². The van der Waals surface area contributed by atoms with Crippen LogP contribution in [0.2, 0.25) is 0 Å². The van der Waals surface area contributed by atoms with Crippen molar-refractivity contribution < 1.29 is 13.2 Å². The normalized spacial score (nSPS) is 21.8. The highest BCUT2D eigenvalue weighted by atomic mass is 32.2. The molecule has 0 spiro atoms. The summed E-state index contributed by atoms with van der Waals surface area (Å²) in [7, 11) is -3.30. The first-order valence-corrected chi connectivity index (χ1v) is 11.3. The zero-order valence-electron chi connectivity index (χ0n) is 15.7. The van der Waals surface area contributed by atoms with Crippen molar-refractivity contribution in [1.29, 1.82) is 0 Å². The van der Waals surface area contributed by atoms with Crippen LogP contribution in [0.1, 0.15) is 37.7 Å². The number of carbonyl (C=O) groups excluding carboxylic acids is 1. The molecule has 6 nitrogen and oxygen atoms in total. The number of rotatable bonds is 4. The summed E-state index contributed by atoms with van der Waals surface area (Å²) in [5, 5.41) is 2.95. The fraction of sp³-hybridized carbons (Fsp3) is 0.632. The number of anilines is 1. The molecule has 2 fully saturated rings. The van der Waals surface area contributed by atoms with Crippen LogP contribution in [0.15, 0.2) is 23.1 Å². The molecule has 3 rings (SSSR count). The fourth-order valence-electron chi connectivity index (χ4n) is 3.87. The molecule has 1 N–H and O–H groups in total. The van der Waals surface area contributed by atoms with E-state index < -0.39 is 9.84 Å². The molecule has 1 aromatic carbocycles. The van der Waals surface area contributed by atoms with Crippen molar-refractivity contribution in [2.45, 2.75) is 50.0 Å². The van der Waals surface area contributed by atoms with Crippen LogP contribution in [-0.4, -0.2) is 62.7 Å². The van der Waals surface area contributed by atoms with Gasteiger partial charge in [-0.3, -0.25) is 0 Å². The molecule has 0 aliphatic carbocycles. The molecule has 0 bridgehead atoms. The molecular weight excluding hydrogens is 350 g/mol. The van der Waals surface area contributed by atoms with Crippen LogP contribution in [0.5, 0.6) is 0 Å². The van der Waals surface area contributed by atoms with Crippen molar-refractivity contribution >= 4 is 21.6 Å². The molecule has 2 saturated heterocycles. The smallest absolute Gasteiger partial charge is 0.320 e. The average molecular weight is 380 g/mol. The predicted molar refractivity (Wildman–Crippen MR) is 103 cm³/mol. The highest BCUT2D eigenvalue weighted by Gasteiger charge is 2.29. The third-order valence-electron chi connectivity index (χ3n) is 5.43. The fourth-order valence-corrected chi connectivity index (χ4v) is 4.52. The van der Waals surface area contributed by atoms with Crippen molar-refractivity contribution in [3.8, 4) is 0 Å². The van der Waals surface area contributed by atoms with E-state index in [-0.39, 0.29) is 17.0 Å². The number of carbonyl (C=O) groups is 1. The standard InChI is InChI=1S/C19H29N3O3S/c1-15-8-9-17(26(2,24)25)13-18(15)20-19(23)22-12-4-3-7-16(22)14-21-10-5-6-11-21/h8-9,13,16H,3-7,10-12,14H2,1-2H3,(H,20,23). The maximum absolute atomic E-state index is 12.9. The third kappa shape index (κ3) is 4.57. The van der Waals surface area contributed by atoms with Crippen LogP contribution < -0.4 is 5.32 Å². The Labute approximate surface area is 156 Å². The maximum Gasteiger partial charge on any atom is 0.322 e. The largest absolute Gasteiger partial charge is 0.322 e. The van der Waals surface area contributed by atoms with Gasteiger partial charge in [0.1, 0.15) is 0 Å². The summed E-state index contributed by atoms with van der Waals surface area (Å²) < 4.78 is 23.6. The number of piperidine rings is 1. The second-order valence-corrected chi connectivity index (χ2v) is 9.55. The molecule has 2 amide bonds. The average Bonchev–Trinajstić information content (AvgIpc) is 3.09. The van der Waals surface area contributed by atoms with E-state index >= 15 is 0 Å². The number of hydrogen-bond donors (Lipinski definition) is 1. The SMILES string of the molecule is Cc1ccc(S(C)(=O)=O)cc1NC(=O)N1CCCCC1CN1CCCC1. The van der Waals surface area contributed by atoms with Crippen molar-refractivity contribution in [2.75, 3.05) is 37.8 Å². The van der Waals surface area contributed by atoms with Gasteiger partial charge in [-0.25, -0.2) is 13.2 Å². The van der Waals surface area contributed by atoms with Gasteiger partial charge >= 0.3 is 6.03 Å². The summed E-state index contributed by atoms with van der Waals surface area (Å²) in [6.07, 6.45) is 6.89. The number of aryl methyl sites for hydroxylation is 1. The van der Waals surface area contributed by atoms with E-state index in [1.807, 2.05) is 11.8 Å². The molecule has 0 aromatic heterocycles. The zero-order chi connectivity index (χ0) is 18.7. The predicted octanol–water partition coefficient (Wildman–Crippen LogP) is 2.88. The topological polar surface area (TPSA) is 69.7 Å². The van der Waals surface area contributed by atoms with E-state index in [1.54, 1.807) is 18.2 Å². The van der Waals surface area contributed by atoms with E-state index in [0.29, 0.717) is 5.69 Å². The number of urea groups is 1. The second kappa shape index (κ2) is 7.96.